The SMILES string of the molecule is CC1(C)C(c2ccccc2)=NN(C(=O)c2ccccc2)C1(C)C. The minimum Gasteiger partial charge on any atom is -0.267 e. The summed E-state index contributed by atoms with van der Waals surface area (Å²) >= 11 is 0. The standard InChI is InChI=1S/C20H22N2O/c1-19(2)17(15-11-7-5-8-12-15)21-22(20(19,3)4)18(23)16-13-9-6-10-14-16/h5-14H,1-4H3. The third-order valence-corrected chi connectivity index (χ3v) is 5.11. The molecule has 0 radical (unpaired) electrons. The lowest BCUT2D eigenvalue weighted by molar-refractivity contribution is 0.0454. The van der Waals surface area contributed by atoms with Crippen molar-refractivity contribution < 1.29 is 4.79 Å². The molecule has 0 N–H and O–H groups in total. The maximum Gasteiger partial charge on any atom is 0.274 e. The summed E-state index contributed by atoms with van der Waals surface area (Å²) in [6, 6.07) is 19.4. The van der Waals surface area contributed by atoms with E-state index in [1.807, 2.05) is 60.7 Å². The Bertz CT molecular complexity index is 746. The first-order chi connectivity index (χ1) is 10.9. The molecule has 1 heterocycles. The molecule has 0 saturated carbocycles. The fourth-order valence-corrected chi connectivity index (χ4v) is 2.92. The summed E-state index contributed by atoms with van der Waals surface area (Å²) in [5, 5.41) is 6.38. The largest absolute Gasteiger partial charge is 0.274 e. The highest BCUT2D eigenvalue weighted by molar-refractivity contribution is 6.08. The van der Waals surface area contributed by atoms with Crippen molar-refractivity contribution in [2.75, 3.05) is 0 Å². The lowest BCUT2D eigenvalue weighted by atomic mass is 9.70. The average Bonchev–Trinajstić information content (AvgIpc) is 2.74. The molecule has 118 valence electrons. The fourth-order valence-electron chi connectivity index (χ4n) is 2.92. The van der Waals surface area contributed by atoms with Crippen molar-refractivity contribution in [1.82, 2.24) is 5.01 Å². The van der Waals surface area contributed by atoms with Crippen molar-refractivity contribution in [2.45, 2.75) is 33.2 Å². The van der Waals surface area contributed by atoms with Gasteiger partial charge in [-0.2, -0.15) is 5.10 Å². The number of hydrogen-bond acceptors (Lipinski definition) is 2. The van der Waals surface area contributed by atoms with E-state index < -0.39 is 5.54 Å². The predicted molar refractivity (Wildman–Crippen MR) is 93.5 cm³/mol. The van der Waals surface area contributed by atoms with E-state index in [0.29, 0.717) is 5.56 Å². The van der Waals surface area contributed by atoms with Crippen LogP contribution in [0.4, 0.5) is 0 Å². The topological polar surface area (TPSA) is 32.7 Å². The lowest BCUT2D eigenvalue weighted by Crippen LogP contribution is -2.51. The molecule has 0 aliphatic carbocycles. The van der Waals surface area contributed by atoms with Gasteiger partial charge in [-0.15, -0.1) is 0 Å². The van der Waals surface area contributed by atoms with Crippen LogP contribution in [-0.2, 0) is 0 Å². The highest BCUT2D eigenvalue weighted by atomic mass is 16.2. The van der Waals surface area contributed by atoms with Crippen molar-refractivity contribution in [2.24, 2.45) is 10.5 Å². The Morgan fingerprint density at radius 3 is 1.96 bits per heavy atom. The van der Waals surface area contributed by atoms with Crippen LogP contribution in [0.3, 0.4) is 0 Å². The van der Waals surface area contributed by atoms with E-state index in [4.69, 9.17) is 5.10 Å². The van der Waals surface area contributed by atoms with E-state index in [0.717, 1.165) is 11.3 Å². The number of nitrogens with zero attached hydrogens (tertiary/aromatic N) is 2. The lowest BCUT2D eigenvalue weighted by Gasteiger charge is -2.39. The number of hydrogen-bond donors (Lipinski definition) is 0. The van der Waals surface area contributed by atoms with Crippen LogP contribution >= 0.6 is 0 Å². The Labute approximate surface area is 137 Å². The van der Waals surface area contributed by atoms with Crippen molar-refractivity contribution in [3.63, 3.8) is 0 Å². The number of hydrazone groups is 1. The molecule has 3 nitrogen and oxygen atoms in total. The first-order valence-electron chi connectivity index (χ1n) is 7.90. The zero-order valence-electron chi connectivity index (χ0n) is 14.1. The van der Waals surface area contributed by atoms with Crippen LogP contribution in [0.15, 0.2) is 65.8 Å². The fraction of sp³-hybridized carbons (Fsp3) is 0.300. The maximum atomic E-state index is 12.9. The number of carbonyl (C=O) groups excluding carboxylic acids is 1. The molecule has 3 rings (SSSR count). The Hall–Kier alpha value is -2.42. The van der Waals surface area contributed by atoms with Crippen molar-refractivity contribution in [1.29, 1.82) is 0 Å². The Kier molecular flexibility index (Phi) is 3.59. The molecule has 1 aliphatic heterocycles. The van der Waals surface area contributed by atoms with Gasteiger partial charge in [0.25, 0.3) is 5.91 Å². The molecule has 0 atom stereocenters. The Morgan fingerprint density at radius 2 is 1.39 bits per heavy atom. The van der Waals surface area contributed by atoms with Crippen molar-refractivity contribution in [3.05, 3.63) is 71.8 Å². The third kappa shape index (κ3) is 2.37. The molecule has 0 aromatic heterocycles. The first kappa shape index (κ1) is 15.5. The van der Waals surface area contributed by atoms with Gasteiger partial charge in [-0.1, -0.05) is 62.4 Å². The minimum atomic E-state index is -0.412. The van der Waals surface area contributed by atoms with Gasteiger partial charge in [0, 0.05) is 11.0 Å². The molecular weight excluding hydrogens is 284 g/mol. The van der Waals surface area contributed by atoms with Gasteiger partial charge in [0.1, 0.15) is 0 Å². The summed E-state index contributed by atoms with van der Waals surface area (Å²) in [4.78, 5) is 12.9. The summed E-state index contributed by atoms with van der Waals surface area (Å²) in [5.41, 5.74) is 2.01. The zero-order chi connectivity index (χ0) is 16.7. The van der Waals surface area contributed by atoms with Crippen LogP contribution in [0, 0.1) is 5.41 Å². The van der Waals surface area contributed by atoms with Crippen molar-refractivity contribution >= 4 is 11.6 Å². The van der Waals surface area contributed by atoms with Crippen molar-refractivity contribution in [3.8, 4) is 0 Å². The first-order valence-corrected chi connectivity index (χ1v) is 7.90. The second kappa shape index (κ2) is 5.34. The third-order valence-electron chi connectivity index (χ3n) is 5.11. The van der Waals surface area contributed by atoms with E-state index in [1.54, 1.807) is 5.01 Å². The molecule has 23 heavy (non-hydrogen) atoms. The van der Waals surface area contributed by atoms with E-state index in [-0.39, 0.29) is 11.3 Å². The van der Waals surface area contributed by atoms with Crippen LogP contribution in [-0.4, -0.2) is 22.2 Å². The van der Waals surface area contributed by atoms with Gasteiger partial charge >= 0.3 is 0 Å². The smallest absolute Gasteiger partial charge is 0.267 e. The van der Waals surface area contributed by atoms with Gasteiger partial charge in [-0.3, -0.25) is 4.79 Å². The highest BCUT2D eigenvalue weighted by Crippen LogP contribution is 2.45. The monoisotopic (exact) mass is 306 g/mol. The van der Waals surface area contributed by atoms with E-state index in [1.165, 1.54) is 0 Å². The number of carbonyl (C=O) groups is 1. The maximum absolute atomic E-state index is 12.9. The Morgan fingerprint density at radius 1 is 0.870 bits per heavy atom. The summed E-state index contributed by atoms with van der Waals surface area (Å²) in [7, 11) is 0. The Balaban J connectivity index is 2.07. The quantitative estimate of drug-likeness (QED) is 0.812. The molecule has 1 amide bonds. The second-order valence-electron chi connectivity index (χ2n) is 6.98. The second-order valence-corrected chi connectivity index (χ2v) is 6.98. The molecule has 0 spiro atoms. The van der Waals surface area contributed by atoms with Gasteiger partial charge in [0.2, 0.25) is 0 Å². The molecule has 0 bridgehead atoms. The highest BCUT2D eigenvalue weighted by Gasteiger charge is 2.53. The number of benzene rings is 2. The zero-order valence-corrected chi connectivity index (χ0v) is 14.1. The number of amides is 1. The molecule has 1 aliphatic rings. The van der Waals surface area contributed by atoms with Crippen LogP contribution in [0.25, 0.3) is 0 Å². The van der Waals surface area contributed by atoms with Crippen LogP contribution in [0.1, 0.15) is 43.6 Å². The molecule has 0 unspecified atom stereocenters. The summed E-state index contributed by atoms with van der Waals surface area (Å²) in [6.07, 6.45) is 0. The average molecular weight is 306 g/mol. The molecule has 2 aromatic carbocycles. The van der Waals surface area contributed by atoms with Crippen LogP contribution in [0.5, 0.6) is 0 Å². The van der Waals surface area contributed by atoms with Gasteiger partial charge < -0.3 is 0 Å². The molecule has 0 fully saturated rings. The van der Waals surface area contributed by atoms with E-state index in [9.17, 15) is 4.79 Å². The summed E-state index contributed by atoms with van der Waals surface area (Å²) in [6.45, 7) is 8.45. The predicted octanol–water partition coefficient (Wildman–Crippen LogP) is 4.35. The number of rotatable bonds is 2. The summed E-state index contributed by atoms with van der Waals surface area (Å²) < 4.78 is 0. The molecule has 0 saturated heterocycles. The summed E-state index contributed by atoms with van der Waals surface area (Å²) in [5.74, 6) is -0.0605. The van der Waals surface area contributed by atoms with E-state index in [2.05, 4.69) is 27.7 Å². The molecule has 2 aromatic rings. The van der Waals surface area contributed by atoms with Crippen LogP contribution in [0.2, 0.25) is 0 Å². The van der Waals surface area contributed by atoms with Crippen LogP contribution < -0.4 is 0 Å². The minimum absolute atomic E-state index is 0.0605. The van der Waals surface area contributed by atoms with Gasteiger partial charge in [0.05, 0.1) is 11.3 Å². The van der Waals surface area contributed by atoms with Gasteiger partial charge in [-0.05, 0) is 31.5 Å². The molecular formula is C20H22N2O. The molecule has 3 heteroatoms. The van der Waals surface area contributed by atoms with Gasteiger partial charge in [-0.25, -0.2) is 5.01 Å². The van der Waals surface area contributed by atoms with Gasteiger partial charge in [0.15, 0.2) is 0 Å². The van der Waals surface area contributed by atoms with E-state index >= 15 is 0 Å². The normalized spacial score (nSPS) is 18.6.